The summed E-state index contributed by atoms with van der Waals surface area (Å²) in [4.78, 5) is 41.9. The van der Waals surface area contributed by atoms with Crippen molar-refractivity contribution < 1.29 is 23.5 Å². The van der Waals surface area contributed by atoms with Gasteiger partial charge in [-0.05, 0) is 85.2 Å². The molecule has 0 fully saturated rings. The second-order valence-electron chi connectivity index (χ2n) is 13.1. The van der Waals surface area contributed by atoms with Crippen LogP contribution in [0.25, 0.3) is 11.1 Å². The summed E-state index contributed by atoms with van der Waals surface area (Å²) >= 11 is 0. The van der Waals surface area contributed by atoms with Gasteiger partial charge in [0.05, 0.1) is 11.4 Å². The van der Waals surface area contributed by atoms with E-state index in [1.54, 1.807) is 18.2 Å². The SMILES string of the molecule is C#CC(CN(CCc1ccc2c(c1)OCO2)C(=O)CCc1ccc(C)c(C)c1)C(Cc1ccccc1)NC(=O)CCn1c(=O)oc2ccccc21.CC. The highest BCUT2D eigenvalue weighted by Gasteiger charge is 2.27. The van der Waals surface area contributed by atoms with Gasteiger partial charge >= 0.3 is 5.76 Å². The number of hydrogen-bond acceptors (Lipinski definition) is 6. The molecule has 9 heteroatoms. The van der Waals surface area contributed by atoms with Crippen LogP contribution in [-0.4, -0.2) is 47.2 Å². The zero-order valence-corrected chi connectivity index (χ0v) is 31.1. The molecule has 2 heterocycles. The van der Waals surface area contributed by atoms with Gasteiger partial charge in [0.15, 0.2) is 17.1 Å². The molecule has 2 unspecified atom stereocenters. The maximum Gasteiger partial charge on any atom is 0.419 e. The van der Waals surface area contributed by atoms with Crippen molar-refractivity contribution in [1.82, 2.24) is 14.8 Å². The number of amides is 2. The van der Waals surface area contributed by atoms with Crippen LogP contribution >= 0.6 is 0 Å². The number of carbonyl (C=O) groups excluding carboxylic acids is 2. The molecule has 1 N–H and O–H groups in total. The third kappa shape index (κ3) is 10.2. The van der Waals surface area contributed by atoms with Crippen molar-refractivity contribution in [3.63, 3.8) is 0 Å². The Kier molecular flexibility index (Phi) is 13.5. The predicted octanol–water partition coefficient (Wildman–Crippen LogP) is 7.04. The smallest absolute Gasteiger partial charge is 0.419 e. The van der Waals surface area contributed by atoms with Gasteiger partial charge in [-0.2, -0.15) is 0 Å². The van der Waals surface area contributed by atoms with Crippen LogP contribution in [0.3, 0.4) is 0 Å². The summed E-state index contributed by atoms with van der Waals surface area (Å²) < 4.78 is 17.9. The van der Waals surface area contributed by atoms with E-state index < -0.39 is 17.7 Å². The summed E-state index contributed by atoms with van der Waals surface area (Å²) in [6.45, 7) is 9.19. The number of rotatable bonds is 15. The molecular formula is C44H49N3O6. The highest BCUT2D eigenvalue weighted by atomic mass is 16.7. The number of ether oxygens (including phenoxy) is 2. The van der Waals surface area contributed by atoms with E-state index in [1.165, 1.54) is 15.7 Å². The lowest BCUT2D eigenvalue weighted by molar-refractivity contribution is -0.131. The Labute approximate surface area is 311 Å². The minimum atomic E-state index is -0.510. The predicted molar refractivity (Wildman–Crippen MR) is 208 cm³/mol. The van der Waals surface area contributed by atoms with Gasteiger partial charge in [0.25, 0.3) is 0 Å². The van der Waals surface area contributed by atoms with Crippen LogP contribution in [0.2, 0.25) is 0 Å². The van der Waals surface area contributed by atoms with Crippen molar-refractivity contribution in [3.8, 4) is 23.8 Å². The van der Waals surface area contributed by atoms with E-state index in [0.717, 1.165) is 16.7 Å². The normalized spacial score (nSPS) is 12.7. The van der Waals surface area contributed by atoms with Crippen molar-refractivity contribution in [1.29, 1.82) is 0 Å². The minimum absolute atomic E-state index is 0.00906. The van der Waals surface area contributed by atoms with E-state index >= 15 is 0 Å². The van der Waals surface area contributed by atoms with Crippen LogP contribution in [-0.2, 0) is 35.4 Å². The number of benzene rings is 4. The van der Waals surface area contributed by atoms with Gasteiger partial charge in [-0.3, -0.25) is 14.2 Å². The van der Waals surface area contributed by atoms with Crippen LogP contribution in [0.5, 0.6) is 11.5 Å². The van der Waals surface area contributed by atoms with Crippen molar-refractivity contribution in [2.24, 2.45) is 5.92 Å². The highest BCUT2D eigenvalue weighted by Crippen LogP contribution is 2.32. The quantitative estimate of drug-likeness (QED) is 0.117. The molecule has 2 amide bonds. The van der Waals surface area contributed by atoms with Gasteiger partial charge in [0.1, 0.15) is 0 Å². The molecule has 0 spiro atoms. The lowest BCUT2D eigenvalue weighted by atomic mass is 9.92. The van der Waals surface area contributed by atoms with Crippen molar-refractivity contribution in [2.75, 3.05) is 19.9 Å². The van der Waals surface area contributed by atoms with E-state index in [4.69, 9.17) is 20.3 Å². The Hall–Kier alpha value is -5.75. The maximum atomic E-state index is 14.0. The molecule has 4 aromatic carbocycles. The van der Waals surface area contributed by atoms with Crippen LogP contribution in [0, 0.1) is 32.1 Å². The number of oxazole rings is 1. The zero-order valence-electron chi connectivity index (χ0n) is 31.1. The molecule has 53 heavy (non-hydrogen) atoms. The molecule has 0 bridgehead atoms. The number of nitrogens with zero attached hydrogens (tertiary/aromatic N) is 2. The van der Waals surface area contributed by atoms with E-state index in [9.17, 15) is 14.4 Å². The van der Waals surface area contributed by atoms with Crippen LogP contribution < -0.4 is 20.5 Å². The lowest BCUT2D eigenvalue weighted by Gasteiger charge is -2.31. The molecule has 276 valence electrons. The third-order valence-corrected chi connectivity index (χ3v) is 9.56. The third-order valence-electron chi connectivity index (χ3n) is 9.56. The maximum absolute atomic E-state index is 14.0. The number of carbonyl (C=O) groups is 2. The molecule has 0 saturated heterocycles. The fourth-order valence-electron chi connectivity index (χ4n) is 6.46. The van der Waals surface area contributed by atoms with Gasteiger partial charge in [0, 0.05) is 38.5 Å². The minimum Gasteiger partial charge on any atom is -0.454 e. The first kappa shape index (κ1) is 38.5. The van der Waals surface area contributed by atoms with Crippen LogP contribution in [0.4, 0.5) is 0 Å². The van der Waals surface area contributed by atoms with Crippen molar-refractivity contribution in [3.05, 3.63) is 129 Å². The summed E-state index contributed by atoms with van der Waals surface area (Å²) in [5, 5.41) is 3.17. The number of nitrogens with one attached hydrogen (secondary N) is 1. The first-order valence-electron chi connectivity index (χ1n) is 18.4. The molecule has 0 saturated carbocycles. The first-order valence-corrected chi connectivity index (χ1v) is 18.4. The van der Waals surface area contributed by atoms with Crippen LogP contribution in [0.15, 0.2) is 100 Å². The number of fused-ring (bicyclic) bond motifs is 2. The number of hydrogen-bond donors (Lipinski definition) is 1. The number of terminal acetylenes is 1. The standard InChI is InChI=1S/C42H43N3O6.C2H6/c1-4-34(35(25-31-10-6-5-7-11-31)43-40(46)21-23-45-36-12-8-9-13-37(36)51-42(45)48)27-44(22-20-33-16-18-38-39(26-33)50-28-49-38)41(47)19-17-32-15-14-29(2)30(3)24-32;1-2/h1,5-16,18,24,26,34-35H,17,19-23,25,27-28H2,2-3H3,(H,43,46);1-2H3. The molecule has 0 aliphatic carbocycles. The summed E-state index contributed by atoms with van der Waals surface area (Å²) in [7, 11) is 0. The zero-order chi connectivity index (χ0) is 37.7. The lowest BCUT2D eigenvalue weighted by Crippen LogP contribution is -2.47. The molecular weight excluding hydrogens is 666 g/mol. The van der Waals surface area contributed by atoms with Crippen LogP contribution in [0.1, 0.15) is 54.5 Å². The summed E-state index contributed by atoms with van der Waals surface area (Å²) in [6.07, 6.45) is 8.26. The summed E-state index contributed by atoms with van der Waals surface area (Å²) in [6, 6.07) is 28.6. The summed E-state index contributed by atoms with van der Waals surface area (Å²) in [5.41, 5.74) is 6.64. The Morgan fingerprint density at radius 3 is 2.34 bits per heavy atom. The molecule has 1 aromatic heterocycles. The molecule has 1 aliphatic rings. The molecule has 9 nitrogen and oxygen atoms in total. The first-order chi connectivity index (χ1) is 25.8. The Balaban J connectivity index is 0.00000266. The van der Waals surface area contributed by atoms with Gasteiger partial charge in [0.2, 0.25) is 18.6 Å². The average Bonchev–Trinajstić information content (AvgIpc) is 3.78. The molecule has 5 aromatic rings. The molecule has 0 radical (unpaired) electrons. The molecule has 6 rings (SSSR count). The monoisotopic (exact) mass is 715 g/mol. The number of aryl methyl sites for hydroxylation is 4. The van der Waals surface area contributed by atoms with Gasteiger partial charge in [-0.1, -0.05) is 86.5 Å². The van der Waals surface area contributed by atoms with Gasteiger partial charge in [-0.25, -0.2) is 4.79 Å². The highest BCUT2D eigenvalue weighted by molar-refractivity contribution is 5.78. The summed E-state index contributed by atoms with van der Waals surface area (Å²) in [5.74, 6) is 3.06. The van der Waals surface area contributed by atoms with E-state index in [-0.39, 0.29) is 38.1 Å². The Morgan fingerprint density at radius 1 is 0.849 bits per heavy atom. The fourth-order valence-corrected chi connectivity index (χ4v) is 6.46. The van der Waals surface area contributed by atoms with E-state index in [1.807, 2.05) is 73.3 Å². The van der Waals surface area contributed by atoms with Crippen molar-refractivity contribution in [2.45, 2.75) is 72.4 Å². The molecule has 1 aliphatic heterocycles. The van der Waals surface area contributed by atoms with Gasteiger partial charge < -0.3 is 24.1 Å². The van der Waals surface area contributed by atoms with E-state index in [0.29, 0.717) is 54.8 Å². The fraction of sp³-hybridized carbons (Fsp3) is 0.341. The second-order valence-corrected chi connectivity index (χ2v) is 13.1. The Morgan fingerprint density at radius 2 is 1.57 bits per heavy atom. The number of para-hydroxylation sites is 2. The second kappa shape index (κ2) is 18.7. The molecule has 2 atom stereocenters. The Bertz CT molecular complexity index is 2090. The topological polar surface area (TPSA) is 103 Å². The number of aromatic nitrogens is 1. The average molecular weight is 716 g/mol. The largest absolute Gasteiger partial charge is 0.454 e. The van der Waals surface area contributed by atoms with Gasteiger partial charge in [-0.15, -0.1) is 6.42 Å². The van der Waals surface area contributed by atoms with E-state index in [2.05, 4.69) is 43.3 Å². The van der Waals surface area contributed by atoms with Crippen molar-refractivity contribution >= 4 is 22.9 Å².